The number of amides is 1. The van der Waals surface area contributed by atoms with Gasteiger partial charge in [0.2, 0.25) is 5.91 Å². The van der Waals surface area contributed by atoms with Crippen LogP contribution >= 0.6 is 15.9 Å². The second-order valence-corrected chi connectivity index (χ2v) is 6.17. The van der Waals surface area contributed by atoms with Crippen molar-refractivity contribution >= 4 is 27.5 Å². The standard InChI is InChI=1S/C18H21BrN2O/c1-3-17(14-9-11-15(19)12-10-14)20-13(2)18(22)21-16-7-5-4-6-8-16/h4-13,17,20H,3H2,1-2H3,(H,21,22)/t13-,17-/m0/s1. The molecule has 1 amide bonds. The van der Waals surface area contributed by atoms with E-state index in [2.05, 4.69) is 45.6 Å². The second-order valence-electron chi connectivity index (χ2n) is 5.26. The maximum atomic E-state index is 12.3. The van der Waals surface area contributed by atoms with Gasteiger partial charge in [-0.05, 0) is 43.2 Å². The number of anilines is 1. The fourth-order valence-corrected chi connectivity index (χ4v) is 2.56. The van der Waals surface area contributed by atoms with Gasteiger partial charge in [0, 0.05) is 16.2 Å². The molecule has 116 valence electrons. The van der Waals surface area contributed by atoms with Crippen molar-refractivity contribution in [1.29, 1.82) is 0 Å². The molecule has 0 spiro atoms. The molecule has 2 N–H and O–H groups in total. The van der Waals surface area contributed by atoms with Gasteiger partial charge in [-0.25, -0.2) is 0 Å². The number of benzene rings is 2. The third kappa shape index (κ3) is 4.68. The molecule has 0 heterocycles. The molecule has 2 atom stereocenters. The van der Waals surface area contributed by atoms with Gasteiger partial charge >= 0.3 is 0 Å². The van der Waals surface area contributed by atoms with Gasteiger partial charge in [-0.15, -0.1) is 0 Å². The Balaban J connectivity index is 1.98. The molecule has 0 saturated heterocycles. The molecule has 2 rings (SSSR count). The lowest BCUT2D eigenvalue weighted by molar-refractivity contribution is -0.118. The summed E-state index contributed by atoms with van der Waals surface area (Å²) in [5, 5.41) is 6.32. The first-order valence-corrected chi connectivity index (χ1v) is 8.27. The Hall–Kier alpha value is -1.65. The summed E-state index contributed by atoms with van der Waals surface area (Å²) in [4.78, 5) is 12.3. The Bertz CT molecular complexity index is 598. The van der Waals surface area contributed by atoms with Crippen molar-refractivity contribution < 1.29 is 4.79 Å². The molecule has 0 aromatic heterocycles. The Morgan fingerprint density at radius 1 is 1.09 bits per heavy atom. The van der Waals surface area contributed by atoms with Crippen LogP contribution in [0.5, 0.6) is 0 Å². The van der Waals surface area contributed by atoms with Crippen molar-refractivity contribution in [1.82, 2.24) is 5.32 Å². The first-order valence-electron chi connectivity index (χ1n) is 7.47. The van der Waals surface area contributed by atoms with Gasteiger partial charge < -0.3 is 5.32 Å². The number of nitrogens with one attached hydrogen (secondary N) is 2. The second kappa shape index (κ2) is 8.11. The molecule has 0 aliphatic heterocycles. The molecule has 2 aromatic carbocycles. The number of para-hydroxylation sites is 1. The van der Waals surface area contributed by atoms with E-state index in [1.165, 1.54) is 5.56 Å². The summed E-state index contributed by atoms with van der Waals surface area (Å²) < 4.78 is 1.06. The van der Waals surface area contributed by atoms with Crippen LogP contribution in [0, 0.1) is 0 Å². The summed E-state index contributed by atoms with van der Waals surface area (Å²) in [6.45, 7) is 4.00. The van der Waals surface area contributed by atoms with E-state index >= 15 is 0 Å². The highest BCUT2D eigenvalue weighted by Crippen LogP contribution is 2.20. The fourth-order valence-electron chi connectivity index (χ4n) is 2.29. The molecule has 0 bridgehead atoms. The van der Waals surface area contributed by atoms with E-state index in [9.17, 15) is 4.79 Å². The van der Waals surface area contributed by atoms with Crippen LogP contribution in [0.4, 0.5) is 5.69 Å². The number of carbonyl (C=O) groups is 1. The van der Waals surface area contributed by atoms with Crippen molar-refractivity contribution in [3.05, 3.63) is 64.6 Å². The van der Waals surface area contributed by atoms with Gasteiger partial charge in [-0.1, -0.05) is 53.2 Å². The van der Waals surface area contributed by atoms with Crippen molar-refractivity contribution in [3.8, 4) is 0 Å². The highest BCUT2D eigenvalue weighted by molar-refractivity contribution is 9.10. The lowest BCUT2D eigenvalue weighted by atomic mass is 10.0. The zero-order chi connectivity index (χ0) is 15.9. The molecule has 2 aromatic rings. The summed E-state index contributed by atoms with van der Waals surface area (Å²) in [7, 11) is 0. The third-order valence-electron chi connectivity index (χ3n) is 3.57. The van der Waals surface area contributed by atoms with Crippen LogP contribution in [-0.4, -0.2) is 11.9 Å². The van der Waals surface area contributed by atoms with E-state index in [1.807, 2.05) is 49.4 Å². The Morgan fingerprint density at radius 2 is 1.73 bits per heavy atom. The first kappa shape index (κ1) is 16.7. The molecule has 0 aliphatic rings. The molecule has 0 unspecified atom stereocenters. The summed E-state index contributed by atoms with van der Waals surface area (Å²) in [5.74, 6) is -0.0261. The largest absolute Gasteiger partial charge is 0.325 e. The van der Waals surface area contributed by atoms with Gasteiger partial charge in [0.15, 0.2) is 0 Å². The maximum Gasteiger partial charge on any atom is 0.241 e. The number of hydrogen-bond acceptors (Lipinski definition) is 2. The minimum absolute atomic E-state index is 0.0261. The zero-order valence-electron chi connectivity index (χ0n) is 12.8. The lowest BCUT2D eigenvalue weighted by Crippen LogP contribution is -2.40. The predicted octanol–water partition coefficient (Wildman–Crippen LogP) is 4.52. The summed E-state index contributed by atoms with van der Waals surface area (Å²) in [6, 6.07) is 17.6. The van der Waals surface area contributed by atoms with E-state index in [4.69, 9.17) is 0 Å². The van der Waals surface area contributed by atoms with Crippen molar-refractivity contribution in [2.24, 2.45) is 0 Å². The van der Waals surface area contributed by atoms with Crippen LogP contribution in [-0.2, 0) is 4.79 Å². The predicted molar refractivity (Wildman–Crippen MR) is 94.8 cm³/mol. The topological polar surface area (TPSA) is 41.1 Å². The van der Waals surface area contributed by atoms with Gasteiger partial charge in [0.1, 0.15) is 0 Å². The van der Waals surface area contributed by atoms with E-state index < -0.39 is 0 Å². The molecular weight excluding hydrogens is 340 g/mol. The molecule has 4 heteroatoms. The van der Waals surface area contributed by atoms with Gasteiger partial charge in [0.25, 0.3) is 0 Å². The summed E-state index contributed by atoms with van der Waals surface area (Å²) >= 11 is 3.44. The van der Waals surface area contributed by atoms with Gasteiger partial charge in [-0.3, -0.25) is 10.1 Å². The fraction of sp³-hybridized carbons (Fsp3) is 0.278. The molecule has 0 saturated carbocycles. The zero-order valence-corrected chi connectivity index (χ0v) is 14.4. The third-order valence-corrected chi connectivity index (χ3v) is 4.10. The van der Waals surface area contributed by atoms with Crippen LogP contribution in [0.25, 0.3) is 0 Å². The van der Waals surface area contributed by atoms with Crippen molar-refractivity contribution in [3.63, 3.8) is 0 Å². The van der Waals surface area contributed by atoms with Crippen LogP contribution in [0.15, 0.2) is 59.1 Å². The Morgan fingerprint density at radius 3 is 2.32 bits per heavy atom. The molecule has 0 aliphatic carbocycles. The summed E-state index contributed by atoms with van der Waals surface area (Å²) in [5.41, 5.74) is 2.00. The smallest absolute Gasteiger partial charge is 0.241 e. The van der Waals surface area contributed by atoms with Gasteiger partial charge in [0.05, 0.1) is 6.04 Å². The van der Waals surface area contributed by atoms with Crippen LogP contribution in [0.1, 0.15) is 31.9 Å². The molecule has 22 heavy (non-hydrogen) atoms. The number of carbonyl (C=O) groups excluding carboxylic acids is 1. The van der Waals surface area contributed by atoms with Crippen LogP contribution in [0.2, 0.25) is 0 Å². The van der Waals surface area contributed by atoms with Crippen LogP contribution < -0.4 is 10.6 Å². The SMILES string of the molecule is CC[C@H](N[C@@H](C)C(=O)Nc1ccccc1)c1ccc(Br)cc1. The molecule has 3 nitrogen and oxygen atoms in total. The highest BCUT2D eigenvalue weighted by atomic mass is 79.9. The van der Waals surface area contributed by atoms with Crippen molar-refractivity contribution in [2.45, 2.75) is 32.4 Å². The average molecular weight is 361 g/mol. The Kier molecular flexibility index (Phi) is 6.16. The van der Waals surface area contributed by atoms with Crippen molar-refractivity contribution in [2.75, 3.05) is 5.32 Å². The van der Waals surface area contributed by atoms with E-state index in [0.29, 0.717) is 0 Å². The minimum atomic E-state index is -0.270. The number of hydrogen-bond donors (Lipinski definition) is 2. The number of halogens is 1. The normalized spacial score (nSPS) is 13.4. The lowest BCUT2D eigenvalue weighted by Gasteiger charge is -2.22. The first-order chi connectivity index (χ1) is 10.6. The molecule has 0 radical (unpaired) electrons. The van der Waals surface area contributed by atoms with E-state index in [0.717, 1.165) is 16.6 Å². The minimum Gasteiger partial charge on any atom is -0.325 e. The molecule has 0 fully saturated rings. The van der Waals surface area contributed by atoms with Gasteiger partial charge in [-0.2, -0.15) is 0 Å². The maximum absolute atomic E-state index is 12.3. The van der Waals surface area contributed by atoms with E-state index in [-0.39, 0.29) is 18.0 Å². The summed E-state index contributed by atoms with van der Waals surface area (Å²) in [6.07, 6.45) is 0.921. The highest BCUT2D eigenvalue weighted by Gasteiger charge is 2.18. The number of rotatable bonds is 6. The quantitative estimate of drug-likeness (QED) is 0.795. The monoisotopic (exact) mass is 360 g/mol. The molecular formula is C18H21BrN2O. The average Bonchev–Trinajstić information content (AvgIpc) is 2.54. The Labute approximate surface area is 140 Å². The van der Waals surface area contributed by atoms with E-state index in [1.54, 1.807) is 0 Å². The van der Waals surface area contributed by atoms with Crippen LogP contribution in [0.3, 0.4) is 0 Å².